The zero-order valence-electron chi connectivity index (χ0n) is 5.41. The molecule has 0 N–H and O–H groups in total. The Bertz CT molecular complexity index is 305. The van der Waals surface area contributed by atoms with Gasteiger partial charge < -0.3 is 5.11 Å². The monoisotopic (exact) mass is 245 g/mol. The van der Waals surface area contributed by atoms with Gasteiger partial charge in [-0.3, -0.25) is 4.79 Å². The van der Waals surface area contributed by atoms with Crippen molar-refractivity contribution in [1.29, 1.82) is 0 Å². The van der Waals surface area contributed by atoms with Crippen LogP contribution in [0.1, 0.15) is 0 Å². The number of Topliss-reactive ketones (excluding diaryl/α,β-unsaturated/α-hetero) is 1. The average molecular weight is 247 g/mol. The predicted molar refractivity (Wildman–Crippen MR) is 46.3 cm³/mol. The summed E-state index contributed by atoms with van der Waals surface area (Å²) in [6.07, 6.45) is 0. The van der Waals surface area contributed by atoms with Crippen LogP contribution in [0.5, 0.6) is 0 Å². The molecule has 1 aliphatic carbocycles. The first-order chi connectivity index (χ1) is 5.46. The van der Waals surface area contributed by atoms with E-state index >= 15 is 0 Å². The van der Waals surface area contributed by atoms with E-state index in [1.807, 2.05) is 0 Å². The van der Waals surface area contributed by atoms with Crippen molar-refractivity contribution in [2.45, 2.75) is 5.38 Å². The normalized spacial score (nSPS) is 25.3. The van der Waals surface area contributed by atoms with Gasteiger partial charge in [0.25, 0.3) is 0 Å². The molecule has 0 saturated carbocycles. The molecular weight excluding hydrogens is 246 g/mol. The van der Waals surface area contributed by atoms with Gasteiger partial charge in [-0.25, -0.2) is 0 Å². The molecule has 0 bridgehead atoms. The molecule has 0 spiro atoms. The highest BCUT2D eigenvalue weighted by molar-refractivity contribution is 6.55. The Morgan fingerprint density at radius 1 is 1.17 bits per heavy atom. The Labute approximate surface area is 88.3 Å². The molecule has 6 heteroatoms. The maximum atomic E-state index is 10.9. The van der Waals surface area contributed by atoms with E-state index in [1.54, 1.807) is 0 Å². The van der Waals surface area contributed by atoms with Crippen LogP contribution >= 0.6 is 46.4 Å². The molecule has 1 unspecified atom stereocenters. The minimum atomic E-state index is -1.20. The van der Waals surface area contributed by atoms with Crippen LogP contribution in [0.4, 0.5) is 0 Å². The van der Waals surface area contributed by atoms with Gasteiger partial charge in [-0.1, -0.05) is 34.8 Å². The summed E-state index contributed by atoms with van der Waals surface area (Å²) >= 11 is 21.8. The Kier molecular flexibility index (Phi) is 2.94. The van der Waals surface area contributed by atoms with Gasteiger partial charge in [0.2, 0.25) is 0 Å². The summed E-state index contributed by atoms with van der Waals surface area (Å²) in [7, 11) is 0. The molecular formula is C6HCl4O2-. The summed E-state index contributed by atoms with van der Waals surface area (Å²) in [4.78, 5) is 10.9. The van der Waals surface area contributed by atoms with Crippen molar-refractivity contribution in [3.8, 4) is 0 Å². The quantitative estimate of drug-likeness (QED) is 0.611. The summed E-state index contributed by atoms with van der Waals surface area (Å²) in [5.41, 5.74) is 0. The SMILES string of the molecule is O=C1C([O-])=C(Cl)C(Cl)=C(Cl)C1Cl. The molecule has 0 heterocycles. The van der Waals surface area contributed by atoms with Crippen molar-refractivity contribution in [1.82, 2.24) is 0 Å². The fraction of sp³-hybridized carbons (Fsp3) is 0.167. The van der Waals surface area contributed by atoms with Crippen LogP contribution < -0.4 is 5.11 Å². The van der Waals surface area contributed by atoms with Crippen molar-refractivity contribution in [2.75, 3.05) is 0 Å². The average Bonchev–Trinajstić information content (AvgIpc) is 2.08. The summed E-state index contributed by atoms with van der Waals surface area (Å²) < 4.78 is 0. The van der Waals surface area contributed by atoms with E-state index in [9.17, 15) is 9.90 Å². The summed E-state index contributed by atoms with van der Waals surface area (Å²) in [5, 5.41) is 9.09. The first-order valence-electron chi connectivity index (χ1n) is 2.77. The Morgan fingerprint density at radius 3 is 2.17 bits per heavy atom. The second-order valence-electron chi connectivity index (χ2n) is 2.03. The lowest BCUT2D eigenvalue weighted by Crippen LogP contribution is -2.29. The minimum absolute atomic E-state index is 0.104. The molecule has 12 heavy (non-hydrogen) atoms. The number of halogens is 4. The van der Waals surface area contributed by atoms with Gasteiger partial charge in [-0.2, -0.15) is 0 Å². The van der Waals surface area contributed by atoms with E-state index in [0.29, 0.717) is 0 Å². The predicted octanol–water partition coefficient (Wildman–Crippen LogP) is 1.68. The van der Waals surface area contributed by atoms with Gasteiger partial charge in [0.15, 0.2) is 5.78 Å². The van der Waals surface area contributed by atoms with Gasteiger partial charge in [-0.05, 0) is 5.76 Å². The van der Waals surface area contributed by atoms with E-state index in [4.69, 9.17) is 46.4 Å². The molecule has 0 radical (unpaired) electrons. The van der Waals surface area contributed by atoms with Crippen molar-refractivity contribution in [3.63, 3.8) is 0 Å². The molecule has 0 aromatic heterocycles. The zero-order chi connectivity index (χ0) is 9.46. The third-order valence-electron chi connectivity index (χ3n) is 1.28. The number of carbonyl (C=O) groups is 1. The van der Waals surface area contributed by atoms with Crippen LogP contribution in [-0.4, -0.2) is 11.2 Å². The molecule has 1 rings (SSSR count). The number of alkyl halides is 1. The molecule has 0 fully saturated rings. The highest BCUT2D eigenvalue weighted by atomic mass is 35.5. The summed E-state index contributed by atoms with van der Waals surface area (Å²) in [6, 6.07) is 0. The first kappa shape index (κ1) is 10.2. The van der Waals surface area contributed by atoms with Crippen molar-refractivity contribution < 1.29 is 9.90 Å². The molecule has 1 atom stereocenters. The zero-order valence-corrected chi connectivity index (χ0v) is 8.43. The Hall–Kier alpha value is 0.110. The van der Waals surface area contributed by atoms with Crippen LogP contribution in [0.15, 0.2) is 20.9 Å². The van der Waals surface area contributed by atoms with Crippen molar-refractivity contribution in [2.24, 2.45) is 0 Å². The van der Waals surface area contributed by atoms with Crippen LogP contribution in [0.25, 0.3) is 0 Å². The van der Waals surface area contributed by atoms with E-state index in [-0.39, 0.29) is 15.1 Å². The van der Waals surface area contributed by atoms with Crippen LogP contribution in [0, 0.1) is 0 Å². The van der Waals surface area contributed by atoms with Gasteiger partial charge in [-0.15, -0.1) is 11.6 Å². The molecule has 0 amide bonds. The van der Waals surface area contributed by atoms with E-state index in [0.717, 1.165) is 0 Å². The third kappa shape index (κ3) is 1.44. The molecule has 0 aromatic rings. The van der Waals surface area contributed by atoms with Crippen LogP contribution in [0.2, 0.25) is 0 Å². The van der Waals surface area contributed by atoms with Gasteiger partial charge in [0.05, 0.1) is 15.1 Å². The van der Waals surface area contributed by atoms with E-state index in [1.165, 1.54) is 0 Å². The second kappa shape index (κ2) is 3.46. The lowest BCUT2D eigenvalue weighted by atomic mass is 10.1. The molecule has 0 aromatic carbocycles. The Morgan fingerprint density at radius 2 is 1.67 bits per heavy atom. The molecule has 0 saturated heterocycles. The van der Waals surface area contributed by atoms with Gasteiger partial charge in [0, 0.05) is 0 Å². The second-order valence-corrected chi connectivity index (χ2v) is 3.63. The fourth-order valence-corrected chi connectivity index (χ4v) is 1.55. The number of allylic oxidation sites excluding steroid dienone is 4. The number of hydrogen-bond acceptors (Lipinski definition) is 2. The third-order valence-corrected chi connectivity index (χ3v) is 3.16. The van der Waals surface area contributed by atoms with Crippen molar-refractivity contribution in [3.05, 3.63) is 20.9 Å². The molecule has 1 aliphatic rings. The number of carbonyl (C=O) groups excluding carboxylic acids is 1. The standard InChI is InChI=1S/C6H2Cl4O2/c7-1-2(8)4(10)6(12)5(11)3(1)9/h3,12H/p-1. The lowest BCUT2D eigenvalue weighted by Gasteiger charge is -2.22. The fourth-order valence-electron chi connectivity index (χ4n) is 0.654. The van der Waals surface area contributed by atoms with Crippen LogP contribution in [0.3, 0.4) is 0 Å². The minimum Gasteiger partial charge on any atom is -0.869 e. The maximum Gasteiger partial charge on any atom is 0.172 e. The van der Waals surface area contributed by atoms with Gasteiger partial charge >= 0.3 is 0 Å². The largest absolute Gasteiger partial charge is 0.869 e. The molecule has 66 valence electrons. The highest BCUT2D eigenvalue weighted by Crippen LogP contribution is 2.35. The highest BCUT2D eigenvalue weighted by Gasteiger charge is 2.28. The first-order valence-corrected chi connectivity index (χ1v) is 4.34. The summed E-state index contributed by atoms with van der Waals surface area (Å²) in [5.74, 6) is -1.75. The summed E-state index contributed by atoms with van der Waals surface area (Å²) in [6.45, 7) is 0. The lowest BCUT2D eigenvalue weighted by molar-refractivity contribution is -0.298. The number of hydrogen-bond donors (Lipinski definition) is 0. The number of rotatable bonds is 0. The molecule has 0 aliphatic heterocycles. The van der Waals surface area contributed by atoms with Crippen LogP contribution in [-0.2, 0) is 4.79 Å². The number of ketones is 1. The van der Waals surface area contributed by atoms with Gasteiger partial charge in [0.1, 0.15) is 5.38 Å². The van der Waals surface area contributed by atoms with Crippen molar-refractivity contribution >= 4 is 52.2 Å². The molecule has 2 nitrogen and oxygen atoms in total. The van der Waals surface area contributed by atoms with E-state index in [2.05, 4.69) is 0 Å². The smallest absolute Gasteiger partial charge is 0.172 e. The Balaban J connectivity index is 3.27. The van der Waals surface area contributed by atoms with E-state index < -0.39 is 16.9 Å². The topological polar surface area (TPSA) is 40.1 Å². The maximum absolute atomic E-state index is 10.9.